The maximum absolute atomic E-state index is 2.33. The Morgan fingerprint density at radius 1 is 1.17 bits per heavy atom. The highest BCUT2D eigenvalue weighted by atomic mass is 31.1. The average molecular weight is 180 g/mol. The monoisotopic (exact) mass is 180 g/mol. The molecule has 0 bridgehead atoms. The van der Waals surface area contributed by atoms with Crippen molar-refractivity contribution in [3.63, 3.8) is 0 Å². The normalized spacial score (nSPS) is 11.8. The first-order valence-electron chi connectivity index (χ1n) is 4.43. The molecule has 1 unspecified atom stereocenters. The molecule has 1 atom stereocenters. The van der Waals surface area contributed by atoms with Crippen molar-refractivity contribution < 1.29 is 0 Å². The molecule has 0 aliphatic rings. The molecule has 1 rings (SSSR count). The fraction of sp³-hybridized carbons (Fsp3) is 0.455. The van der Waals surface area contributed by atoms with Gasteiger partial charge in [-0.15, -0.1) is 0 Å². The van der Waals surface area contributed by atoms with E-state index in [1.165, 1.54) is 16.4 Å². The van der Waals surface area contributed by atoms with E-state index in [-0.39, 0.29) is 0 Å². The van der Waals surface area contributed by atoms with Gasteiger partial charge in [0.25, 0.3) is 0 Å². The molecule has 1 aromatic carbocycles. The van der Waals surface area contributed by atoms with Crippen LogP contribution in [0.2, 0.25) is 0 Å². The molecule has 12 heavy (non-hydrogen) atoms. The molecule has 0 saturated heterocycles. The van der Waals surface area contributed by atoms with E-state index in [9.17, 15) is 0 Å². The molecule has 0 aliphatic heterocycles. The largest absolute Gasteiger partial charge is 0.0936 e. The van der Waals surface area contributed by atoms with E-state index in [0.29, 0.717) is 5.92 Å². The lowest BCUT2D eigenvalue weighted by Gasteiger charge is -2.08. The molecule has 0 N–H and O–H groups in total. The highest BCUT2D eigenvalue weighted by Gasteiger charge is 2.00. The SMILES string of the molecule is CPc1cc(C)cc(C(C)C)c1. The first kappa shape index (κ1) is 9.74. The van der Waals surface area contributed by atoms with Crippen LogP contribution in [0.5, 0.6) is 0 Å². The molecule has 0 amide bonds. The summed E-state index contributed by atoms with van der Waals surface area (Å²) in [6, 6.07) is 6.90. The molecular weight excluding hydrogens is 163 g/mol. The van der Waals surface area contributed by atoms with Crippen LogP contribution in [0.25, 0.3) is 0 Å². The summed E-state index contributed by atoms with van der Waals surface area (Å²) >= 11 is 0. The van der Waals surface area contributed by atoms with Crippen LogP contribution in [0.15, 0.2) is 18.2 Å². The maximum Gasteiger partial charge on any atom is -0.0218 e. The molecule has 66 valence electrons. The molecular formula is C11H17P. The molecule has 1 aromatic rings. The van der Waals surface area contributed by atoms with Crippen molar-refractivity contribution in [1.82, 2.24) is 0 Å². The van der Waals surface area contributed by atoms with Crippen molar-refractivity contribution in [2.75, 3.05) is 6.66 Å². The standard InChI is InChI=1S/C11H17P/c1-8(2)10-5-9(3)6-11(7-10)12-4/h5-8,12H,1-4H3. The van der Waals surface area contributed by atoms with Crippen LogP contribution in [0.3, 0.4) is 0 Å². The molecule has 0 nitrogen and oxygen atoms in total. The lowest BCUT2D eigenvalue weighted by Crippen LogP contribution is -1.99. The van der Waals surface area contributed by atoms with E-state index in [2.05, 4.69) is 45.6 Å². The molecule has 0 saturated carbocycles. The van der Waals surface area contributed by atoms with E-state index in [0.717, 1.165) is 8.58 Å². The van der Waals surface area contributed by atoms with Gasteiger partial charge in [0.2, 0.25) is 0 Å². The van der Waals surface area contributed by atoms with Gasteiger partial charge in [0.15, 0.2) is 0 Å². The quantitative estimate of drug-likeness (QED) is 0.613. The third kappa shape index (κ3) is 2.32. The third-order valence-electron chi connectivity index (χ3n) is 2.06. The topological polar surface area (TPSA) is 0 Å². The van der Waals surface area contributed by atoms with Crippen LogP contribution in [0.4, 0.5) is 0 Å². The van der Waals surface area contributed by atoms with Gasteiger partial charge in [-0.2, -0.15) is 0 Å². The summed E-state index contributed by atoms with van der Waals surface area (Å²) in [5.41, 5.74) is 2.87. The van der Waals surface area contributed by atoms with Gasteiger partial charge in [0, 0.05) is 0 Å². The van der Waals surface area contributed by atoms with Gasteiger partial charge in [-0.25, -0.2) is 0 Å². The van der Waals surface area contributed by atoms with Gasteiger partial charge in [0.1, 0.15) is 0 Å². The first-order chi connectivity index (χ1) is 5.63. The molecule has 0 spiro atoms. The third-order valence-corrected chi connectivity index (χ3v) is 2.92. The van der Waals surface area contributed by atoms with Gasteiger partial charge >= 0.3 is 0 Å². The van der Waals surface area contributed by atoms with Crippen LogP contribution in [-0.4, -0.2) is 6.66 Å². The zero-order valence-corrected chi connectivity index (χ0v) is 9.31. The van der Waals surface area contributed by atoms with Crippen LogP contribution in [0.1, 0.15) is 30.9 Å². The van der Waals surface area contributed by atoms with Crippen LogP contribution < -0.4 is 5.30 Å². The fourth-order valence-corrected chi connectivity index (χ4v) is 1.97. The zero-order chi connectivity index (χ0) is 9.14. The number of hydrogen-bond donors (Lipinski definition) is 0. The minimum Gasteiger partial charge on any atom is -0.0936 e. The summed E-state index contributed by atoms with van der Waals surface area (Å²) < 4.78 is 0. The molecule has 0 aromatic heterocycles. The molecule has 0 heterocycles. The Labute approximate surface area is 77.2 Å². The Morgan fingerprint density at radius 3 is 2.33 bits per heavy atom. The van der Waals surface area contributed by atoms with E-state index >= 15 is 0 Å². The summed E-state index contributed by atoms with van der Waals surface area (Å²) in [5, 5.41) is 1.48. The number of hydrogen-bond acceptors (Lipinski definition) is 0. The number of aryl methyl sites for hydroxylation is 1. The fourth-order valence-electron chi connectivity index (χ4n) is 1.29. The molecule has 0 fully saturated rings. The Bertz CT molecular complexity index is 264. The van der Waals surface area contributed by atoms with E-state index < -0.39 is 0 Å². The second-order valence-corrected chi connectivity index (χ2v) is 4.61. The highest BCUT2D eigenvalue weighted by molar-refractivity contribution is 7.46. The average Bonchev–Trinajstić information content (AvgIpc) is 2.03. The van der Waals surface area contributed by atoms with Gasteiger partial charge < -0.3 is 0 Å². The summed E-state index contributed by atoms with van der Waals surface area (Å²) in [6.45, 7) is 8.91. The van der Waals surface area contributed by atoms with Crippen molar-refractivity contribution in [2.45, 2.75) is 26.7 Å². The number of benzene rings is 1. The summed E-state index contributed by atoms with van der Waals surface area (Å²) in [6.07, 6.45) is 0. The minimum atomic E-state index is 0.653. The minimum absolute atomic E-state index is 0.653. The van der Waals surface area contributed by atoms with E-state index in [4.69, 9.17) is 0 Å². The van der Waals surface area contributed by atoms with Gasteiger partial charge in [-0.3, -0.25) is 0 Å². The highest BCUT2D eigenvalue weighted by Crippen LogP contribution is 2.17. The molecule has 1 heteroatoms. The smallest absolute Gasteiger partial charge is 0.0218 e. The Morgan fingerprint density at radius 2 is 1.83 bits per heavy atom. The zero-order valence-electron chi connectivity index (χ0n) is 8.31. The van der Waals surface area contributed by atoms with E-state index in [1.807, 2.05) is 0 Å². The van der Waals surface area contributed by atoms with Crippen LogP contribution >= 0.6 is 8.58 Å². The van der Waals surface area contributed by atoms with Crippen molar-refractivity contribution in [3.8, 4) is 0 Å². The van der Waals surface area contributed by atoms with Crippen LogP contribution in [-0.2, 0) is 0 Å². The first-order valence-corrected chi connectivity index (χ1v) is 5.93. The predicted molar refractivity (Wildman–Crippen MR) is 59.1 cm³/mol. The van der Waals surface area contributed by atoms with E-state index in [1.54, 1.807) is 0 Å². The maximum atomic E-state index is 2.33. The Balaban J connectivity index is 3.06. The summed E-state index contributed by atoms with van der Waals surface area (Å²) in [4.78, 5) is 0. The van der Waals surface area contributed by atoms with Crippen molar-refractivity contribution >= 4 is 13.9 Å². The van der Waals surface area contributed by atoms with Crippen LogP contribution in [0, 0.1) is 6.92 Å². The Kier molecular flexibility index (Phi) is 3.29. The Hall–Kier alpha value is -0.350. The van der Waals surface area contributed by atoms with Crippen molar-refractivity contribution in [2.24, 2.45) is 0 Å². The molecule has 0 aliphatic carbocycles. The second-order valence-electron chi connectivity index (χ2n) is 3.54. The van der Waals surface area contributed by atoms with Gasteiger partial charge in [-0.1, -0.05) is 46.2 Å². The second kappa shape index (κ2) is 4.05. The predicted octanol–water partition coefficient (Wildman–Crippen LogP) is 3.05. The van der Waals surface area contributed by atoms with Gasteiger partial charge in [-0.05, 0) is 30.4 Å². The lowest BCUT2D eigenvalue weighted by atomic mass is 10.0. The van der Waals surface area contributed by atoms with Crippen molar-refractivity contribution in [1.29, 1.82) is 0 Å². The molecule has 0 radical (unpaired) electrons. The lowest BCUT2D eigenvalue weighted by molar-refractivity contribution is 0.866. The van der Waals surface area contributed by atoms with Crippen molar-refractivity contribution in [3.05, 3.63) is 29.3 Å². The number of rotatable bonds is 2. The summed E-state index contributed by atoms with van der Waals surface area (Å²) in [7, 11) is 0.916. The summed E-state index contributed by atoms with van der Waals surface area (Å²) in [5.74, 6) is 0.653. The van der Waals surface area contributed by atoms with Gasteiger partial charge in [0.05, 0.1) is 0 Å².